The van der Waals surface area contributed by atoms with E-state index in [1.807, 2.05) is 78.9 Å². The molecule has 55 heavy (non-hydrogen) atoms. The number of alkyl carbamates (subject to hydrolysis) is 1. The van der Waals surface area contributed by atoms with E-state index in [0.29, 0.717) is 19.4 Å². The number of fused-ring (bicyclic) bond motifs is 3. The molecule has 0 aliphatic heterocycles. The van der Waals surface area contributed by atoms with Crippen molar-refractivity contribution in [3.05, 3.63) is 95.6 Å². The highest BCUT2D eigenvalue weighted by Crippen LogP contribution is 2.44. The van der Waals surface area contributed by atoms with Crippen LogP contribution in [0.3, 0.4) is 0 Å². The molecule has 0 aromatic heterocycles. The molecule has 4 rings (SSSR count). The molecule has 0 spiro atoms. The Morgan fingerprint density at radius 3 is 1.62 bits per heavy atom. The van der Waals surface area contributed by atoms with Crippen LogP contribution in [-0.4, -0.2) is 105 Å². The standard InChI is InChI=1S/C21H24N4O4.C9H11NO2.C4H7NO4.C2H5NO2/c22-20(23)24-11-5-10-18(19(26)27)25-21(28)29-12-17-15-8-3-1-6-13(15)14-7-2-4-9-16(14)17;10-8(9(11)12)6-7-4-2-1-3-5-7;5-2(4(8)9)1-3(6)7;3-1-2(4)5/h1-4,6-9,17-18H,5,10-12H2,(H,25,28)(H,26,27)(H4,22,23,24);1-5,8H,6,10H2,(H,11,12);2H,1,5H2,(H,6,7)(H,8,9);1,3H2,(H,4,5). The Kier molecular flexibility index (Phi) is 20.8. The lowest BCUT2D eigenvalue weighted by Gasteiger charge is -2.17. The number of nitrogens with zero attached hydrogens (tertiary/aromatic N) is 1. The van der Waals surface area contributed by atoms with Gasteiger partial charge in [0.25, 0.3) is 0 Å². The lowest BCUT2D eigenvalue weighted by molar-refractivity contribution is -0.144. The molecule has 0 heterocycles. The van der Waals surface area contributed by atoms with E-state index in [-0.39, 0.29) is 31.4 Å². The minimum Gasteiger partial charge on any atom is -0.481 e. The number of hydrogen-bond acceptors (Lipinski definition) is 11. The van der Waals surface area contributed by atoms with Crippen LogP contribution in [0, 0.1) is 0 Å². The monoisotopic (exact) mass is 769 g/mol. The lowest BCUT2D eigenvalue weighted by atomic mass is 9.98. The summed E-state index contributed by atoms with van der Waals surface area (Å²) < 4.78 is 5.38. The van der Waals surface area contributed by atoms with E-state index in [2.05, 4.69) is 16.0 Å². The fraction of sp³-hybridized carbons (Fsp3) is 0.306. The van der Waals surface area contributed by atoms with Crippen molar-refractivity contribution in [2.24, 2.45) is 33.7 Å². The van der Waals surface area contributed by atoms with Crippen molar-refractivity contribution in [2.45, 2.75) is 49.7 Å². The van der Waals surface area contributed by atoms with Crippen molar-refractivity contribution in [3.63, 3.8) is 0 Å². The maximum Gasteiger partial charge on any atom is 0.407 e. The maximum atomic E-state index is 12.2. The SMILES string of the molecule is NC(CC(=O)O)C(=O)O.NC(Cc1ccccc1)C(=O)O.NC(N)=NCCCC(NC(=O)OCC1c2ccccc2-c2ccccc21)C(=O)O.NCC(=O)O. The Balaban J connectivity index is 0.000000474. The first kappa shape index (κ1) is 46.5. The van der Waals surface area contributed by atoms with Gasteiger partial charge in [-0.25, -0.2) is 9.59 Å². The molecule has 0 fully saturated rings. The molecule has 0 saturated carbocycles. The molecule has 1 aliphatic carbocycles. The van der Waals surface area contributed by atoms with Gasteiger partial charge in [-0.3, -0.25) is 24.2 Å². The van der Waals surface area contributed by atoms with Crippen LogP contribution in [0.1, 0.15) is 41.9 Å². The number of amides is 1. The van der Waals surface area contributed by atoms with Gasteiger partial charge >= 0.3 is 35.9 Å². The van der Waals surface area contributed by atoms with Gasteiger partial charge in [0.2, 0.25) is 0 Å². The van der Waals surface area contributed by atoms with Crippen molar-refractivity contribution < 1.29 is 59.0 Å². The molecule has 0 bridgehead atoms. The molecule has 3 aromatic rings. The summed E-state index contributed by atoms with van der Waals surface area (Å²) in [6.45, 7) is 0.138. The van der Waals surface area contributed by atoms with E-state index >= 15 is 0 Å². The Morgan fingerprint density at radius 2 is 1.20 bits per heavy atom. The number of carbonyl (C=O) groups is 6. The molecule has 19 heteroatoms. The molecule has 0 radical (unpaired) electrons. The first-order chi connectivity index (χ1) is 26.0. The summed E-state index contributed by atoms with van der Waals surface area (Å²) in [5.74, 6) is -5.70. The van der Waals surface area contributed by atoms with E-state index in [4.69, 9.17) is 48.1 Å². The lowest BCUT2D eigenvalue weighted by Crippen LogP contribution is -2.41. The van der Waals surface area contributed by atoms with E-state index in [1.165, 1.54) is 0 Å². The maximum absolute atomic E-state index is 12.2. The van der Waals surface area contributed by atoms with E-state index in [9.17, 15) is 33.9 Å². The number of nitrogens with two attached hydrogens (primary N) is 5. The van der Waals surface area contributed by atoms with Crippen LogP contribution >= 0.6 is 0 Å². The van der Waals surface area contributed by atoms with Crippen LogP contribution in [0.15, 0.2) is 83.9 Å². The number of carbonyl (C=O) groups excluding carboxylic acids is 1. The number of ether oxygens (including phenoxy) is 1. The van der Waals surface area contributed by atoms with Crippen LogP contribution in [0.5, 0.6) is 0 Å². The van der Waals surface area contributed by atoms with Gasteiger partial charge in [-0.15, -0.1) is 0 Å². The topological polar surface area (TPSA) is 367 Å². The number of hydrogen-bond donors (Lipinski definition) is 11. The fourth-order valence-corrected chi connectivity index (χ4v) is 4.77. The van der Waals surface area contributed by atoms with Gasteiger partial charge in [0.1, 0.15) is 24.7 Å². The van der Waals surface area contributed by atoms with E-state index in [1.54, 1.807) is 0 Å². The molecule has 3 atom stereocenters. The Bertz CT molecular complexity index is 1710. The molecule has 1 amide bonds. The van der Waals surface area contributed by atoms with Crippen LogP contribution in [0.2, 0.25) is 0 Å². The highest BCUT2D eigenvalue weighted by atomic mass is 16.5. The number of carboxylic acid groups (broad SMARTS) is 5. The van der Waals surface area contributed by atoms with Crippen LogP contribution in [0.25, 0.3) is 11.1 Å². The molecule has 298 valence electrons. The van der Waals surface area contributed by atoms with Crippen molar-refractivity contribution in [3.8, 4) is 11.1 Å². The summed E-state index contributed by atoms with van der Waals surface area (Å²) >= 11 is 0. The predicted molar refractivity (Wildman–Crippen MR) is 200 cm³/mol. The smallest absolute Gasteiger partial charge is 0.407 e. The molecule has 19 nitrogen and oxygen atoms in total. The van der Waals surface area contributed by atoms with Crippen molar-refractivity contribution in [2.75, 3.05) is 19.7 Å². The Labute approximate surface area is 315 Å². The van der Waals surface area contributed by atoms with Gasteiger partial charge in [-0.2, -0.15) is 0 Å². The van der Waals surface area contributed by atoms with Gasteiger partial charge in [-0.05, 0) is 47.1 Å². The molecule has 1 aliphatic rings. The Hall–Kier alpha value is -6.57. The average Bonchev–Trinajstić information content (AvgIpc) is 3.46. The second kappa shape index (κ2) is 24.6. The number of carboxylic acids is 5. The zero-order valence-electron chi connectivity index (χ0n) is 29.7. The third kappa shape index (κ3) is 18.2. The summed E-state index contributed by atoms with van der Waals surface area (Å²) in [5, 5.41) is 43.9. The summed E-state index contributed by atoms with van der Waals surface area (Å²) in [6, 6.07) is 22.2. The van der Waals surface area contributed by atoms with Gasteiger partial charge < -0.3 is 64.3 Å². The van der Waals surface area contributed by atoms with Gasteiger partial charge in [-0.1, -0.05) is 78.9 Å². The molecule has 16 N–H and O–H groups in total. The van der Waals surface area contributed by atoms with Crippen LogP contribution < -0.4 is 34.0 Å². The van der Waals surface area contributed by atoms with Crippen molar-refractivity contribution in [1.29, 1.82) is 0 Å². The predicted octanol–water partition coefficient (Wildman–Crippen LogP) is 0.576. The number of benzene rings is 3. The second-order valence-electron chi connectivity index (χ2n) is 11.6. The summed E-state index contributed by atoms with van der Waals surface area (Å²) in [7, 11) is 0. The third-order valence-electron chi connectivity index (χ3n) is 7.38. The zero-order valence-corrected chi connectivity index (χ0v) is 29.7. The average molecular weight is 770 g/mol. The van der Waals surface area contributed by atoms with Gasteiger partial charge in [0.05, 0.1) is 13.0 Å². The molecule has 3 aromatic carbocycles. The van der Waals surface area contributed by atoms with Crippen molar-refractivity contribution in [1.82, 2.24) is 5.32 Å². The number of guanidine groups is 1. The first-order valence-corrected chi connectivity index (χ1v) is 16.5. The molecular formula is C36H47N7O12. The van der Waals surface area contributed by atoms with Gasteiger partial charge in [0, 0.05) is 12.5 Å². The summed E-state index contributed by atoms with van der Waals surface area (Å²) in [5.41, 5.74) is 30.6. The third-order valence-corrected chi connectivity index (χ3v) is 7.38. The van der Waals surface area contributed by atoms with E-state index in [0.717, 1.165) is 27.8 Å². The van der Waals surface area contributed by atoms with E-state index < -0.39 is 60.5 Å². The molecule has 0 saturated heterocycles. The second-order valence-corrected chi connectivity index (χ2v) is 11.6. The molecule has 3 unspecified atom stereocenters. The van der Waals surface area contributed by atoms with Crippen LogP contribution in [0.4, 0.5) is 4.79 Å². The highest BCUT2D eigenvalue weighted by Gasteiger charge is 2.29. The minimum atomic E-state index is -1.29. The zero-order chi connectivity index (χ0) is 41.5. The fourth-order valence-electron chi connectivity index (χ4n) is 4.77. The summed E-state index contributed by atoms with van der Waals surface area (Å²) in [4.78, 5) is 66.7. The van der Waals surface area contributed by atoms with Crippen molar-refractivity contribution >= 4 is 41.9 Å². The first-order valence-electron chi connectivity index (χ1n) is 16.5. The minimum absolute atomic E-state index is 0.0543. The van der Waals surface area contributed by atoms with Gasteiger partial charge in [0.15, 0.2) is 5.96 Å². The number of rotatable bonds is 15. The highest BCUT2D eigenvalue weighted by molar-refractivity contribution is 5.81. The molecular weight excluding hydrogens is 722 g/mol. The summed E-state index contributed by atoms with van der Waals surface area (Å²) in [6.07, 6.45) is -0.304. The Morgan fingerprint density at radius 1 is 0.709 bits per heavy atom. The normalized spacial score (nSPS) is 12.3. The number of aliphatic imine (C=N–C) groups is 1. The largest absolute Gasteiger partial charge is 0.481 e. The quantitative estimate of drug-likeness (QED) is 0.0572. The number of aliphatic carboxylic acids is 5. The number of nitrogens with one attached hydrogen (secondary N) is 1. The van der Waals surface area contributed by atoms with Crippen LogP contribution in [-0.2, 0) is 35.1 Å².